The van der Waals surface area contributed by atoms with Crippen molar-refractivity contribution in [2.75, 3.05) is 26.9 Å². The summed E-state index contributed by atoms with van der Waals surface area (Å²) in [6.45, 7) is 2.32. The number of nitrogens with zero attached hydrogens (tertiary/aromatic N) is 3. The largest absolute Gasteiger partial charge is 0.497 e. The Labute approximate surface area is 197 Å². The van der Waals surface area contributed by atoms with Crippen molar-refractivity contribution in [2.24, 2.45) is 0 Å². The second-order valence-electron chi connectivity index (χ2n) is 8.13. The monoisotopic (exact) mass is 466 g/mol. The average Bonchev–Trinajstić information content (AvgIpc) is 3.49. The molecule has 172 valence electrons. The lowest BCUT2D eigenvalue weighted by molar-refractivity contribution is -0.132. The number of carbonyl (C=O) groups excluding carboxylic acids is 1. The fourth-order valence-electron chi connectivity index (χ4n) is 4.52. The lowest BCUT2D eigenvalue weighted by atomic mass is 10.0. The minimum Gasteiger partial charge on any atom is -0.497 e. The number of hydrogen-bond donors (Lipinski definition) is 1. The van der Waals surface area contributed by atoms with Crippen molar-refractivity contribution in [3.63, 3.8) is 0 Å². The second-order valence-corrected chi connectivity index (χ2v) is 8.52. The number of rotatable bonds is 6. The zero-order valence-corrected chi connectivity index (χ0v) is 19.3. The Morgan fingerprint density at radius 2 is 1.97 bits per heavy atom. The zero-order chi connectivity index (χ0) is 22.8. The number of fused-ring (bicyclic) bond motifs is 1. The van der Waals surface area contributed by atoms with E-state index in [2.05, 4.69) is 10.2 Å². The van der Waals surface area contributed by atoms with Gasteiger partial charge in [0.1, 0.15) is 19.0 Å². The molecule has 1 fully saturated rings. The SMILES string of the molecule is COc1ccc(-c2n[nH]c(=S)n2CCC(=O)N2CCCC2c2ccc3c(c2)OCCO3)cc1. The Hall–Kier alpha value is -3.33. The number of hydrogen-bond acceptors (Lipinski definition) is 6. The van der Waals surface area contributed by atoms with E-state index < -0.39 is 0 Å². The Kier molecular flexibility index (Phi) is 6.04. The summed E-state index contributed by atoms with van der Waals surface area (Å²) >= 11 is 5.43. The third kappa shape index (κ3) is 4.32. The number of aromatic nitrogens is 3. The summed E-state index contributed by atoms with van der Waals surface area (Å²) in [5.41, 5.74) is 2.00. The molecule has 1 saturated heterocycles. The molecule has 33 heavy (non-hydrogen) atoms. The molecule has 2 aromatic carbocycles. The molecular weight excluding hydrogens is 440 g/mol. The lowest BCUT2D eigenvalue weighted by Crippen LogP contribution is -2.31. The lowest BCUT2D eigenvalue weighted by Gasteiger charge is -2.27. The van der Waals surface area contributed by atoms with Gasteiger partial charge >= 0.3 is 0 Å². The van der Waals surface area contributed by atoms with Crippen LogP contribution in [0.3, 0.4) is 0 Å². The van der Waals surface area contributed by atoms with Crippen LogP contribution in [0.25, 0.3) is 11.4 Å². The van der Waals surface area contributed by atoms with Gasteiger partial charge in [0.15, 0.2) is 22.1 Å². The van der Waals surface area contributed by atoms with Gasteiger partial charge in [-0.05, 0) is 67.0 Å². The summed E-state index contributed by atoms with van der Waals surface area (Å²) in [5.74, 6) is 3.11. The van der Waals surface area contributed by atoms with E-state index in [1.165, 1.54) is 0 Å². The van der Waals surface area contributed by atoms with E-state index in [1.54, 1.807) is 7.11 Å². The van der Waals surface area contributed by atoms with Crippen molar-refractivity contribution in [3.8, 4) is 28.6 Å². The van der Waals surface area contributed by atoms with Gasteiger partial charge in [0.05, 0.1) is 13.2 Å². The Balaban J connectivity index is 1.30. The van der Waals surface area contributed by atoms with Gasteiger partial charge in [-0.2, -0.15) is 5.10 Å². The molecule has 1 N–H and O–H groups in total. The van der Waals surface area contributed by atoms with E-state index in [9.17, 15) is 4.79 Å². The third-order valence-corrected chi connectivity index (χ3v) is 6.49. The van der Waals surface area contributed by atoms with Crippen LogP contribution in [0, 0.1) is 4.77 Å². The van der Waals surface area contributed by atoms with Crippen molar-refractivity contribution in [1.29, 1.82) is 0 Å². The molecule has 5 rings (SSSR count). The normalized spacial score (nSPS) is 17.2. The standard InChI is InChI=1S/C24H26N4O4S/c1-30-18-7-4-16(5-8-18)23-25-26-24(33)28(23)12-10-22(29)27-11-2-3-19(27)17-6-9-20-21(15-17)32-14-13-31-20/h4-9,15,19H,2-3,10-14H2,1H3,(H,26,33). The zero-order valence-electron chi connectivity index (χ0n) is 18.5. The van der Waals surface area contributed by atoms with Crippen LogP contribution < -0.4 is 14.2 Å². The summed E-state index contributed by atoms with van der Waals surface area (Å²) in [6, 6.07) is 13.7. The van der Waals surface area contributed by atoms with Gasteiger partial charge in [-0.1, -0.05) is 6.07 Å². The smallest absolute Gasteiger partial charge is 0.224 e. The Morgan fingerprint density at radius 1 is 1.18 bits per heavy atom. The molecule has 9 heteroatoms. The van der Waals surface area contributed by atoms with Crippen molar-refractivity contribution >= 4 is 18.1 Å². The van der Waals surface area contributed by atoms with Gasteiger partial charge in [-0.25, -0.2) is 0 Å². The predicted molar refractivity (Wildman–Crippen MR) is 125 cm³/mol. The van der Waals surface area contributed by atoms with Crippen LogP contribution >= 0.6 is 12.2 Å². The van der Waals surface area contributed by atoms with Crippen LogP contribution in [0.15, 0.2) is 42.5 Å². The van der Waals surface area contributed by atoms with E-state index in [0.29, 0.717) is 36.8 Å². The number of methoxy groups -OCH3 is 1. The van der Waals surface area contributed by atoms with Crippen LogP contribution in [0.2, 0.25) is 0 Å². The number of ether oxygens (including phenoxy) is 3. The average molecular weight is 467 g/mol. The molecule has 0 aliphatic carbocycles. The highest BCUT2D eigenvalue weighted by Gasteiger charge is 2.30. The van der Waals surface area contributed by atoms with E-state index in [4.69, 9.17) is 26.4 Å². The maximum Gasteiger partial charge on any atom is 0.224 e. The molecule has 1 aromatic heterocycles. The van der Waals surface area contributed by atoms with Gasteiger partial charge in [-0.3, -0.25) is 14.5 Å². The molecule has 0 radical (unpaired) electrons. The first-order chi connectivity index (χ1) is 16.1. The highest BCUT2D eigenvalue weighted by Crippen LogP contribution is 2.38. The Morgan fingerprint density at radius 3 is 2.76 bits per heavy atom. The summed E-state index contributed by atoms with van der Waals surface area (Å²) in [6.07, 6.45) is 2.26. The first-order valence-electron chi connectivity index (χ1n) is 11.1. The molecule has 1 amide bonds. The number of nitrogens with one attached hydrogen (secondary N) is 1. The molecule has 1 atom stereocenters. The minimum absolute atomic E-state index is 0.0479. The van der Waals surface area contributed by atoms with Crippen LogP contribution in [0.1, 0.15) is 30.9 Å². The van der Waals surface area contributed by atoms with Crippen molar-refractivity contribution in [2.45, 2.75) is 31.8 Å². The maximum absolute atomic E-state index is 13.2. The topological polar surface area (TPSA) is 81.6 Å². The minimum atomic E-state index is 0.0479. The van der Waals surface area contributed by atoms with Crippen molar-refractivity contribution in [1.82, 2.24) is 19.7 Å². The molecule has 8 nitrogen and oxygen atoms in total. The fourth-order valence-corrected chi connectivity index (χ4v) is 4.74. The van der Waals surface area contributed by atoms with Crippen molar-refractivity contribution in [3.05, 3.63) is 52.8 Å². The number of aromatic amines is 1. The van der Waals surface area contributed by atoms with E-state index in [1.807, 2.05) is 51.9 Å². The third-order valence-electron chi connectivity index (χ3n) is 6.18. The van der Waals surface area contributed by atoms with E-state index in [-0.39, 0.29) is 11.9 Å². The van der Waals surface area contributed by atoms with Crippen LogP contribution in [0.5, 0.6) is 17.2 Å². The van der Waals surface area contributed by atoms with Crippen LogP contribution in [-0.2, 0) is 11.3 Å². The van der Waals surface area contributed by atoms with Gasteiger partial charge in [0.2, 0.25) is 5.91 Å². The Bertz CT molecular complexity index is 1200. The summed E-state index contributed by atoms with van der Waals surface area (Å²) < 4.78 is 19.0. The molecule has 1 unspecified atom stereocenters. The fraction of sp³-hybridized carbons (Fsp3) is 0.375. The van der Waals surface area contributed by atoms with Gasteiger partial charge in [0, 0.05) is 25.1 Å². The summed E-state index contributed by atoms with van der Waals surface area (Å²) in [7, 11) is 1.63. The highest BCUT2D eigenvalue weighted by atomic mass is 32.1. The van der Waals surface area contributed by atoms with Crippen molar-refractivity contribution < 1.29 is 19.0 Å². The number of benzene rings is 2. The molecule has 2 aliphatic rings. The summed E-state index contributed by atoms with van der Waals surface area (Å²) in [4.78, 5) is 15.2. The molecule has 0 spiro atoms. The number of H-pyrrole nitrogens is 1. The van der Waals surface area contributed by atoms with Crippen LogP contribution in [0.4, 0.5) is 0 Å². The number of amides is 1. The predicted octanol–water partition coefficient (Wildman–Crippen LogP) is 4.14. The first-order valence-corrected chi connectivity index (χ1v) is 11.5. The quantitative estimate of drug-likeness (QED) is 0.550. The first kappa shape index (κ1) is 21.5. The molecule has 3 aromatic rings. The van der Waals surface area contributed by atoms with Gasteiger partial charge in [0.25, 0.3) is 0 Å². The number of carbonyl (C=O) groups is 1. The molecule has 0 saturated carbocycles. The maximum atomic E-state index is 13.2. The molecule has 2 aliphatic heterocycles. The van der Waals surface area contributed by atoms with E-state index in [0.717, 1.165) is 47.8 Å². The molecular formula is C24H26N4O4S. The number of likely N-dealkylation sites (tertiary alicyclic amines) is 1. The molecule has 3 heterocycles. The highest BCUT2D eigenvalue weighted by molar-refractivity contribution is 7.71. The molecule has 0 bridgehead atoms. The van der Waals surface area contributed by atoms with Crippen LogP contribution in [-0.4, -0.2) is 52.4 Å². The van der Waals surface area contributed by atoms with Gasteiger partial charge < -0.3 is 19.1 Å². The van der Waals surface area contributed by atoms with E-state index >= 15 is 0 Å². The second kappa shape index (κ2) is 9.27. The van der Waals surface area contributed by atoms with Gasteiger partial charge in [-0.15, -0.1) is 0 Å². The summed E-state index contributed by atoms with van der Waals surface area (Å²) in [5, 5.41) is 7.23.